The lowest BCUT2D eigenvalue weighted by molar-refractivity contribution is 0.293. The van der Waals surface area contributed by atoms with E-state index < -0.39 is 0 Å². The van der Waals surface area contributed by atoms with Crippen molar-refractivity contribution < 1.29 is 0 Å². The van der Waals surface area contributed by atoms with E-state index in [-0.39, 0.29) is 0 Å². The molecule has 0 saturated heterocycles. The van der Waals surface area contributed by atoms with Crippen LogP contribution in [-0.4, -0.2) is 11.0 Å². The van der Waals surface area contributed by atoms with Gasteiger partial charge in [-0.05, 0) is 61.5 Å². The topological polar surface area (TPSA) is 38.9 Å². The predicted molar refractivity (Wildman–Crippen MR) is 78.8 cm³/mol. The molecule has 3 rings (SSSR count). The normalized spacial score (nSPS) is 30.7. The van der Waals surface area contributed by atoms with E-state index in [2.05, 4.69) is 24.0 Å². The predicted octanol–water partition coefficient (Wildman–Crippen LogP) is 3.34. The molecule has 2 bridgehead atoms. The number of hydrogen-bond acceptors (Lipinski definition) is 2. The first kappa shape index (κ1) is 13.1. The Hall–Kier alpha value is -0.890. The maximum absolute atomic E-state index is 6.35. The molecular weight excluding hydrogens is 232 g/mol. The average molecular weight is 258 g/mol. The zero-order chi connectivity index (χ0) is 13.2. The Balaban J connectivity index is 1.51. The number of nitrogens with two attached hydrogens (primary N) is 1. The van der Waals surface area contributed by atoms with Gasteiger partial charge < -0.3 is 5.73 Å². The first-order valence-electron chi connectivity index (χ1n) is 7.94. The molecule has 1 heterocycles. The zero-order valence-corrected chi connectivity index (χ0v) is 12.0. The summed E-state index contributed by atoms with van der Waals surface area (Å²) in [6.07, 6.45) is 11.1. The molecule has 2 nitrogen and oxygen atoms in total. The molecule has 104 valence electrons. The summed E-state index contributed by atoms with van der Waals surface area (Å²) in [6.45, 7) is 2.16. The fourth-order valence-corrected chi connectivity index (χ4v) is 4.19. The highest BCUT2D eigenvalue weighted by Gasteiger charge is 2.39. The Labute approximate surface area is 116 Å². The molecule has 2 aliphatic rings. The van der Waals surface area contributed by atoms with Gasteiger partial charge in [0.2, 0.25) is 0 Å². The molecule has 2 N–H and O–H groups in total. The van der Waals surface area contributed by atoms with Crippen molar-refractivity contribution in [3.8, 4) is 0 Å². The third-order valence-corrected chi connectivity index (χ3v) is 5.26. The van der Waals surface area contributed by atoms with Crippen LogP contribution in [0.3, 0.4) is 0 Å². The van der Waals surface area contributed by atoms with Crippen molar-refractivity contribution in [3.63, 3.8) is 0 Å². The number of pyridine rings is 1. The molecule has 4 unspecified atom stereocenters. The van der Waals surface area contributed by atoms with Crippen LogP contribution in [0.2, 0.25) is 0 Å². The van der Waals surface area contributed by atoms with Crippen molar-refractivity contribution in [1.29, 1.82) is 0 Å². The molecule has 0 aromatic carbocycles. The van der Waals surface area contributed by atoms with Gasteiger partial charge >= 0.3 is 0 Å². The summed E-state index contributed by atoms with van der Waals surface area (Å²) in [4.78, 5) is 4.53. The molecule has 0 amide bonds. The lowest BCUT2D eigenvalue weighted by atomic mass is 9.83. The van der Waals surface area contributed by atoms with E-state index >= 15 is 0 Å². The minimum absolute atomic E-state index is 0.296. The van der Waals surface area contributed by atoms with Crippen LogP contribution in [0.4, 0.5) is 0 Å². The van der Waals surface area contributed by atoms with Gasteiger partial charge in [0.15, 0.2) is 0 Å². The first-order chi connectivity index (χ1) is 9.24. The second-order valence-electron chi connectivity index (χ2n) is 6.65. The molecule has 4 atom stereocenters. The largest absolute Gasteiger partial charge is 0.327 e. The lowest BCUT2D eigenvalue weighted by Crippen LogP contribution is -2.28. The van der Waals surface area contributed by atoms with Crippen molar-refractivity contribution in [2.45, 2.75) is 57.9 Å². The zero-order valence-electron chi connectivity index (χ0n) is 12.0. The Kier molecular flexibility index (Phi) is 3.88. The summed E-state index contributed by atoms with van der Waals surface area (Å²) >= 11 is 0. The van der Waals surface area contributed by atoms with Gasteiger partial charge in [-0.25, -0.2) is 0 Å². The van der Waals surface area contributed by atoms with Gasteiger partial charge in [-0.3, -0.25) is 4.98 Å². The smallest absolute Gasteiger partial charge is 0.0419 e. The fraction of sp³-hybridized carbons (Fsp3) is 0.706. The average Bonchev–Trinajstić information content (AvgIpc) is 3.02. The van der Waals surface area contributed by atoms with Crippen LogP contribution in [0.1, 0.15) is 50.3 Å². The van der Waals surface area contributed by atoms with Crippen molar-refractivity contribution in [2.75, 3.05) is 0 Å². The highest BCUT2D eigenvalue weighted by atomic mass is 14.7. The van der Waals surface area contributed by atoms with E-state index in [0.29, 0.717) is 6.04 Å². The molecule has 1 aromatic rings. The number of fused-ring (bicyclic) bond motifs is 2. The first-order valence-corrected chi connectivity index (χ1v) is 7.94. The van der Waals surface area contributed by atoms with Crippen molar-refractivity contribution in [2.24, 2.45) is 23.5 Å². The molecule has 2 saturated carbocycles. The molecular formula is C17H26N2. The number of aryl methyl sites for hydroxylation is 1. The number of aromatic nitrogens is 1. The highest BCUT2D eigenvalue weighted by Crippen LogP contribution is 2.49. The Morgan fingerprint density at radius 1 is 1.32 bits per heavy atom. The van der Waals surface area contributed by atoms with E-state index in [1.165, 1.54) is 37.7 Å². The third kappa shape index (κ3) is 3.00. The van der Waals surface area contributed by atoms with Crippen LogP contribution in [-0.2, 0) is 12.8 Å². The molecule has 2 aliphatic carbocycles. The molecule has 2 heteroatoms. The van der Waals surface area contributed by atoms with Crippen molar-refractivity contribution in [3.05, 3.63) is 29.6 Å². The molecule has 0 spiro atoms. The molecule has 0 aliphatic heterocycles. The van der Waals surface area contributed by atoms with E-state index in [4.69, 9.17) is 5.73 Å². The monoisotopic (exact) mass is 258 g/mol. The Bertz CT molecular complexity index is 412. The van der Waals surface area contributed by atoms with Crippen LogP contribution in [0.15, 0.2) is 18.3 Å². The minimum Gasteiger partial charge on any atom is -0.327 e. The molecule has 2 fully saturated rings. The molecule has 1 aromatic heterocycles. The minimum atomic E-state index is 0.296. The van der Waals surface area contributed by atoms with Gasteiger partial charge in [0.1, 0.15) is 0 Å². The summed E-state index contributed by atoms with van der Waals surface area (Å²) in [7, 11) is 0. The van der Waals surface area contributed by atoms with E-state index in [1.807, 2.05) is 6.20 Å². The number of nitrogens with zero attached hydrogens (tertiary/aromatic N) is 1. The fourth-order valence-electron chi connectivity index (χ4n) is 4.19. The summed E-state index contributed by atoms with van der Waals surface area (Å²) in [5.41, 5.74) is 8.82. The summed E-state index contributed by atoms with van der Waals surface area (Å²) in [5.74, 6) is 2.93. The van der Waals surface area contributed by atoms with Crippen molar-refractivity contribution in [1.82, 2.24) is 4.98 Å². The Morgan fingerprint density at radius 3 is 2.79 bits per heavy atom. The van der Waals surface area contributed by atoms with E-state index in [9.17, 15) is 0 Å². The maximum atomic E-state index is 6.35. The third-order valence-electron chi connectivity index (χ3n) is 5.26. The van der Waals surface area contributed by atoms with Gasteiger partial charge in [0.05, 0.1) is 0 Å². The van der Waals surface area contributed by atoms with Crippen LogP contribution in [0.25, 0.3) is 0 Å². The van der Waals surface area contributed by atoms with Crippen LogP contribution in [0, 0.1) is 17.8 Å². The standard InChI is InChI=1S/C17H26N2/c1-2-12-4-6-17(19-11-12)10-16(18)9-15-8-13-3-5-14(15)7-13/h4,6,11,13-16H,2-3,5,7-10,18H2,1H3. The Morgan fingerprint density at radius 2 is 2.21 bits per heavy atom. The summed E-state index contributed by atoms with van der Waals surface area (Å²) in [5, 5.41) is 0. The van der Waals surface area contributed by atoms with Gasteiger partial charge in [-0.2, -0.15) is 0 Å². The van der Waals surface area contributed by atoms with Gasteiger partial charge in [-0.15, -0.1) is 0 Å². The maximum Gasteiger partial charge on any atom is 0.0419 e. The number of rotatable bonds is 5. The van der Waals surface area contributed by atoms with E-state index in [1.54, 1.807) is 0 Å². The van der Waals surface area contributed by atoms with Crippen LogP contribution >= 0.6 is 0 Å². The van der Waals surface area contributed by atoms with Gasteiger partial charge in [0, 0.05) is 24.4 Å². The number of hydrogen-bond donors (Lipinski definition) is 1. The van der Waals surface area contributed by atoms with Crippen LogP contribution < -0.4 is 5.73 Å². The van der Waals surface area contributed by atoms with Gasteiger partial charge in [-0.1, -0.05) is 19.4 Å². The highest BCUT2D eigenvalue weighted by molar-refractivity contribution is 5.14. The quantitative estimate of drug-likeness (QED) is 0.879. The van der Waals surface area contributed by atoms with E-state index in [0.717, 1.165) is 36.3 Å². The SMILES string of the molecule is CCc1ccc(CC(N)CC2CC3CCC2C3)nc1. The lowest BCUT2D eigenvalue weighted by Gasteiger charge is -2.24. The van der Waals surface area contributed by atoms with Crippen LogP contribution in [0.5, 0.6) is 0 Å². The molecule has 0 radical (unpaired) electrons. The molecule has 19 heavy (non-hydrogen) atoms. The second kappa shape index (κ2) is 5.62. The second-order valence-corrected chi connectivity index (χ2v) is 6.65. The summed E-state index contributed by atoms with van der Waals surface area (Å²) in [6, 6.07) is 4.64. The van der Waals surface area contributed by atoms with Crippen molar-refractivity contribution >= 4 is 0 Å². The summed E-state index contributed by atoms with van der Waals surface area (Å²) < 4.78 is 0. The van der Waals surface area contributed by atoms with Gasteiger partial charge in [0.25, 0.3) is 0 Å².